The number of benzene rings is 1. The summed E-state index contributed by atoms with van der Waals surface area (Å²) in [7, 11) is 0. The van der Waals surface area contributed by atoms with E-state index in [1.165, 1.54) is 12.8 Å². The molecule has 1 amide bonds. The van der Waals surface area contributed by atoms with Gasteiger partial charge in [0.25, 0.3) is 5.91 Å². The molecule has 2 aromatic rings. The number of carbonyl (C=O) groups is 1. The summed E-state index contributed by atoms with van der Waals surface area (Å²) in [6.45, 7) is 2.41. The van der Waals surface area contributed by atoms with E-state index in [-0.39, 0.29) is 5.91 Å². The Balaban J connectivity index is 1.67. The van der Waals surface area contributed by atoms with Crippen LogP contribution in [-0.4, -0.2) is 28.8 Å². The molecule has 22 heavy (non-hydrogen) atoms. The quantitative estimate of drug-likeness (QED) is 0.856. The molecule has 1 aromatic heterocycles. The lowest BCUT2D eigenvalue weighted by Crippen LogP contribution is -2.28. The van der Waals surface area contributed by atoms with Gasteiger partial charge >= 0.3 is 0 Å². The van der Waals surface area contributed by atoms with Crippen LogP contribution in [-0.2, 0) is 9.53 Å². The largest absolute Gasteiger partial charge is 0.368 e. The van der Waals surface area contributed by atoms with Gasteiger partial charge in [0.1, 0.15) is 11.9 Å². The summed E-state index contributed by atoms with van der Waals surface area (Å²) in [5.41, 5.74) is 1.69. The fourth-order valence-corrected chi connectivity index (χ4v) is 2.31. The zero-order valence-electron chi connectivity index (χ0n) is 12.3. The summed E-state index contributed by atoms with van der Waals surface area (Å²) < 4.78 is 5.57. The summed E-state index contributed by atoms with van der Waals surface area (Å²) >= 11 is 6.01. The lowest BCUT2D eigenvalue weighted by molar-refractivity contribution is -0.126. The van der Waals surface area contributed by atoms with Gasteiger partial charge in [0.2, 0.25) is 0 Å². The van der Waals surface area contributed by atoms with Gasteiger partial charge in [0.15, 0.2) is 0 Å². The van der Waals surface area contributed by atoms with Crippen molar-refractivity contribution in [2.24, 2.45) is 5.92 Å². The number of nitrogens with one attached hydrogen (secondary N) is 2. The van der Waals surface area contributed by atoms with Gasteiger partial charge in [0.05, 0.1) is 12.8 Å². The Morgan fingerprint density at radius 2 is 2.36 bits per heavy atom. The average molecular weight is 320 g/mol. The third-order valence-corrected chi connectivity index (χ3v) is 3.91. The Hall–Kier alpha value is -1.85. The van der Waals surface area contributed by atoms with Crippen LogP contribution in [0.25, 0.3) is 11.1 Å². The van der Waals surface area contributed by atoms with Crippen molar-refractivity contribution in [3.8, 4) is 11.1 Å². The van der Waals surface area contributed by atoms with Crippen LogP contribution in [0.1, 0.15) is 19.8 Å². The van der Waals surface area contributed by atoms with E-state index in [0.717, 1.165) is 11.1 Å². The van der Waals surface area contributed by atoms with E-state index in [1.54, 1.807) is 19.2 Å². The molecule has 1 aliphatic carbocycles. The van der Waals surface area contributed by atoms with Gasteiger partial charge in [-0.2, -0.15) is 5.10 Å². The van der Waals surface area contributed by atoms with E-state index in [9.17, 15) is 4.79 Å². The van der Waals surface area contributed by atoms with E-state index in [4.69, 9.17) is 16.3 Å². The molecule has 0 spiro atoms. The number of H-pyrrole nitrogens is 1. The molecule has 0 aliphatic heterocycles. The number of ether oxygens (including phenoxy) is 1. The number of nitrogens with zero attached hydrogens (tertiary/aromatic N) is 1. The van der Waals surface area contributed by atoms with Crippen molar-refractivity contribution in [2.75, 3.05) is 11.9 Å². The first-order chi connectivity index (χ1) is 10.6. The molecule has 1 aliphatic rings. The Kier molecular flexibility index (Phi) is 4.45. The summed E-state index contributed by atoms with van der Waals surface area (Å²) in [5.74, 6) is 0.992. The van der Waals surface area contributed by atoms with Crippen molar-refractivity contribution < 1.29 is 9.53 Å². The number of hydrogen-bond acceptors (Lipinski definition) is 3. The molecule has 3 rings (SSSR count). The molecule has 1 heterocycles. The number of aromatic amines is 1. The topological polar surface area (TPSA) is 67.0 Å². The number of carbonyl (C=O) groups excluding carboxylic acids is 1. The molecule has 1 saturated carbocycles. The molecule has 0 radical (unpaired) electrons. The van der Waals surface area contributed by atoms with Gasteiger partial charge in [-0.1, -0.05) is 23.7 Å². The zero-order valence-corrected chi connectivity index (χ0v) is 13.1. The van der Waals surface area contributed by atoms with Gasteiger partial charge in [-0.15, -0.1) is 0 Å². The first-order valence-electron chi connectivity index (χ1n) is 7.35. The molecule has 1 fully saturated rings. The Bertz CT molecular complexity index is 667. The Morgan fingerprint density at radius 1 is 1.55 bits per heavy atom. The number of amides is 1. The zero-order chi connectivity index (χ0) is 15.5. The van der Waals surface area contributed by atoms with E-state index >= 15 is 0 Å². The second-order valence-electron chi connectivity index (χ2n) is 5.58. The average Bonchev–Trinajstić information content (AvgIpc) is 3.22. The summed E-state index contributed by atoms with van der Waals surface area (Å²) in [5, 5.41) is 10.3. The number of anilines is 1. The van der Waals surface area contributed by atoms with Crippen LogP contribution in [0.15, 0.2) is 30.5 Å². The molecule has 116 valence electrons. The molecule has 5 nitrogen and oxygen atoms in total. The number of halogens is 1. The van der Waals surface area contributed by atoms with E-state index in [1.807, 2.05) is 18.2 Å². The smallest absolute Gasteiger partial charge is 0.254 e. The molecule has 6 heteroatoms. The SMILES string of the molecule is CC(OCC1CC1)C(=O)Nc1[nH]ncc1-c1cccc(Cl)c1. The van der Waals surface area contributed by atoms with Crippen molar-refractivity contribution in [1.29, 1.82) is 0 Å². The highest BCUT2D eigenvalue weighted by molar-refractivity contribution is 6.30. The van der Waals surface area contributed by atoms with Crippen molar-refractivity contribution in [2.45, 2.75) is 25.9 Å². The summed E-state index contributed by atoms with van der Waals surface area (Å²) in [6, 6.07) is 7.41. The maximum absolute atomic E-state index is 12.2. The second-order valence-corrected chi connectivity index (χ2v) is 6.01. The van der Waals surface area contributed by atoms with Crippen LogP contribution in [0.4, 0.5) is 5.82 Å². The Morgan fingerprint density at radius 3 is 3.09 bits per heavy atom. The van der Waals surface area contributed by atoms with Crippen LogP contribution < -0.4 is 5.32 Å². The third kappa shape index (κ3) is 3.67. The maximum Gasteiger partial charge on any atom is 0.254 e. The molecule has 1 atom stereocenters. The maximum atomic E-state index is 12.2. The molecule has 0 bridgehead atoms. The highest BCUT2D eigenvalue weighted by Crippen LogP contribution is 2.30. The third-order valence-electron chi connectivity index (χ3n) is 3.67. The van der Waals surface area contributed by atoms with Gasteiger partial charge < -0.3 is 10.1 Å². The second kappa shape index (κ2) is 6.50. The minimum absolute atomic E-state index is 0.187. The van der Waals surface area contributed by atoms with Gasteiger partial charge in [-0.25, -0.2) is 0 Å². The van der Waals surface area contributed by atoms with Crippen molar-refractivity contribution >= 4 is 23.3 Å². The molecule has 2 N–H and O–H groups in total. The normalized spacial score (nSPS) is 15.5. The van der Waals surface area contributed by atoms with E-state index in [2.05, 4.69) is 15.5 Å². The fraction of sp³-hybridized carbons (Fsp3) is 0.375. The standard InChI is InChI=1S/C16H18ClN3O2/c1-10(22-9-11-5-6-11)16(21)19-15-14(8-18-20-15)12-3-2-4-13(17)7-12/h2-4,7-8,10-11H,5-6,9H2,1H3,(H2,18,19,20,21). The minimum Gasteiger partial charge on any atom is -0.368 e. The minimum atomic E-state index is -0.490. The highest BCUT2D eigenvalue weighted by atomic mass is 35.5. The molecule has 0 saturated heterocycles. The van der Waals surface area contributed by atoms with Crippen molar-refractivity contribution in [3.63, 3.8) is 0 Å². The predicted molar refractivity (Wildman–Crippen MR) is 85.8 cm³/mol. The molecular weight excluding hydrogens is 302 g/mol. The van der Waals surface area contributed by atoms with Crippen LogP contribution >= 0.6 is 11.6 Å². The molecular formula is C16H18ClN3O2. The van der Waals surface area contributed by atoms with Gasteiger partial charge in [-0.3, -0.25) is 9.89 Å². The van der Waals surface area contributed by atoms with Crippen molar-refractivity contribution in [1.82, 2.24) is 10.2 Å². The van der Waals surface area contributed by atoms with E-state index in [0.29, 0.717) is 23.4 Å². The monoisotopic (exact) mass is 319 g/mol. The van der Waals surface area contributed by atoms with Crippen LogP contribution in [0.2, 0.25) is 5.02 Å². The first-order valence-corrected chi connectivity index (χ1v) is 7.73. The molecule has 1 unspecified atom stereocenters. The van der Waals surface area contributed by atoms with Gasteiger partial charge in [0, 0.05) is 10.6 Å². The van der Waals surface area contributed by atoms with Crippen LogP contribution in [0.3, 0.4) is 0 Å². The lowest BCUT2D eigenvalue weighted by Gasteiger charge is -2.13. The Labute approximate surface area is 134 Å². The van der Waals surface area contributed by atoms with E-state index < -0.39 is 6.10 Å². The summed E-state index contributed by atoms with van der Waals surface area (Å²) in [6.07, 6.45) is 3.58. The fourth-order valence-electron chi connectivity index (χ4n) is 2.12. The molecule has 1 aromatic carbocycles. The number of hydrogen-bond donors (Lipinski definition) is 2. The van der Waals surface area contributed by atoms with Crippen LogP contribution in [0, 0.1) is 5.92 Å². The number of rotatable bonds is 6. The van der Waals surface area contributed by atoms with Gasteiger partial charge in [-0.05, 0) is 43.4 Å². The lowest BCUT2D eigenvalue weighted by atomic mass is 10.1. The summed E-state index contributed by atoms with van der Waals surface area (Å²) in [4.78, 5) is 12.2. The number of aromatic nitrogens is 2. The highest BCUT2D eigenvalue weighted by Gasteiger charge is 2.24. The first kappa shape index (κ1) is 15.1. The predicted octanol–water partition coefficient (Wildman–Crippen LogP) is 3.48. The van der Waals surface area contributed by atoms with Crippen LogP contribution in [0.5, 0.6) is 0 Å². The van der Waals surface area contributed by atoms with Crippen molar-refractivity contribution in [3.05, 3.63) is 35.5 Å².